The largest absolute Gasteiger partial charge is 0.356 e. The summed E-state index contributed by atoms with van der Waals surface area (Å²) in [4.78, 5) is 76.5. The highest BCUT2D eigenvalue weighted by molar-refractivity contribution is 8.00. The minimum Gasteiger partial charge on any atom is -0.356 e. The average Bonchev–Trinajstić information content (AvgIpc) is 1.76. The molecular weight excluding hydrogens is 1170 g/mol. The Bertz CT molecular complexity index is 3340. The highest BCUT2D eigenvalue weighted by Gasteiger charge is 2.43. The smallest absolute Gasteiger partial charge is 0.315 e. The Balaban J connectivity index is 0.817. The van der Waals surface area contributed by atoms with Crippen molar-refractivity contribution in [3.05, 3.63) is 95.6 Å². The SMILES string of the molecule is Cc1c(-c2cccc(S(=O)(=O)N(C)C)c2)c2cc(-c3cn(-c4cc(C(=O)NCCCCCNC(=O)CCCC[C@@H]5SC[C@@H]6NC(=O)N[C@@H]65)cc(C(=O)NCCCCCNC(=O)CCCC[C@@H]5SC[C@@H]6NC(=O)N[C@@H]65)c4)nn3)ccc2n1C/C(F)=C/CN. The molecule has 3 aromatic carbocycles. The summed E-state index contributed by atoms with van der Waals surface area (Å²) < 4.78 is 46.2. The monoisotopic (exact) mass is 1250 g/mol. The summed E-state index contributed by atoms with van der Waals surface area (Å²) >= 11 is 3.74. The Morgan fingerprint density at radius 3 is 1.83 bits per heavy atom. The summed E-state index contributed by atoms with van der Waals surface area (Å²) in [6.07, 6.45) is 13.5. The summed E-state index contributed by atoms with van der Waals surface area (Å²) in [7, 11) is -0.852. The second-order valence-electron chi connectivity index (χ2n) is 22.9. The second kappa shape index (κ2) is 30.3. The molecule has 4 saturated heterocycles. The zero-order chi connectivity index (χ0) is 61.6. The van der Waals surface area contributed by atoms with Crippen LogP contribution in [-0.2, 0) is 26.2 Å². The van der Waals surface area contributed by atoms with Crippen LogP contribution < -0.4 is 48.3 Å². The first kappa shape index (κ1) is 64.5. The van der Waals surface area contributed by atoms with Crippen molar-refractivity contribution < 1.29 is 41.6 Å². The summed E-state index contributed by atoms with van der Waals surface area (Å²) in [5.41, 5.74) is 10.3. The van der Waals surface area contributed by atoms with Crippen LogP contribution in [0.15, 0.2) is 83.7 Å². The fourth-order valence-corrected chi connectivity index (χ4v) is 15.8. The van der Waals surface area contributed by atoms with Crippen LogP contribution in [0.5, 0.6) is 0 Å². The lowest BCUT2D eigenvalue weighted by molar-refractivity contribution is -0.122. The number of nitrogens with two attached hydrogens (primary N) is 1. The van der Waals surface area contributed by atoms with Crippen LogP contribution in [0.25, 0.3) is 39.0 Å². The van der Waals surface area contributed by atoms with Crippen molar-refractivity contribution in [2.45, 2.75) is 143 Å². The maximum atomic E-state index is 15.2. The topological polar surface area (TPSA) is 298 Å². The normalized spacial score (nSPS) is 19.8. The summed E-state index contributed by atoms with van der Waals surface area (Å²) in [6, 6.07) is 17.6. The third kappa shape index (κ3) is 16.6. The molecule has 22 nitrogen and oxygen atoms in total. The van der Waals surface area contributed by atoms with Gasteiger partial charge in [0, 0.05) is 121 Å². The van der Waals surface area contributed by atoms with Crippen LogP contribution in [0.2, 0.25) is 0 Å². The van der Waals surface area contributed by atoms with Gasteiger partial charge in [0.1, 0.15) is 11.5 Å². The van der Waals surface area contributed by atoms with Crippen molar-refractivity contribution in [1.29, 1.82) is 0 Å². The van der Waals surface area contributed by atoms with E-state index in [0.717, 1.165) is 80.0 Å². The molecule has 6 heterocycles. The molecule has 9 rings (SSSR count). The van der Waals surface area contributed by atoms with Crippen LogP contribution in [-0.4, -0.2) is 161 Å². The third-order valence-corrected chi connectivity index (χ3v) is 21.3. The van der Waals surface area contributed by atoms with Crippen molar-refractivity contribution in [3.63, 3.8) is 0 Å². The lowest BCUT2D eigenvalue weighted by Gasteiger charge is -2.16. The lowest BCUT2D eigenvalue weighted by atomic mass is 10.0. The van der Waals surface area contributed by atoms with Crippen molar-refractivity contribution in [3.8, 4) is 28.1 Å². The van der Waals surface area contributed by atoms with Crippen molar-refractivity contribution >= 4 is 80.1 Å². The number of fused-ring (bicyclic) bond motifs is 3. The minimum atomic E-state index is -3.79. The molecule has 0 saturated carbocycles. The van der Waals surface area contributed by atoms with Gasteiger partial charge in [-0.25, -0.2) is 31.4 Å². The minimum absolute atomic E-state index is 0.0103. The Hall–Kier alpha value is -7.00. The number of nitrogens with zero attached hydrogens (tertiary/aromatic N) is 5. The van der Waals surface area contributed by atoms with Gasteiger partial charge in [-0.2, -0.15) is 23.5 Å². The quantitative estimate of drug-likeness (QED) is 0.0166. The molecule has 4 aliphatic heterocycles. The predicted octanol–water partition coefficient (Wildman–Crippen LogP) is 6.41. The number of amides is 8. The molecule has 87 heavy (non-hydrogen) atoms. The number of halogens is 1. The number of carbonyl (C=O) groups excluding carboxylic acids is 6. The molecule has 4 aliphatic rings. The standard InChI is InChI=1S/C61H81FN14O8S3/c1-38-55(40-15-14-16-45(32-40)87(83,84)74(2)3)46-33-39(21-22-50(46)75(38)34-43(62)23-24-63)47-35-76(73-72-47)44-30-41(58(79)66-27-12-4-10-25-64-53(77)19-8-6-17-51-56-48(36-85-51)68-60(81)70-56)29-42(31-44)59(80)67-28-13-5-11-26-65-54(78)20-9-7-18-52-57-49(37-86-52)69-61(82)71-57/h14-16,21-23,29-33,35,48-49,51-52,56-57H,4-13,17-20,24-28,34,36-37,63H2,1-3H3,(H,64,77)(H,65,78)(H,66,79)(H,67,80)(H2,68,70,81)(H2,69,71,82)/b43-23-/t48-,49-,51-,52-,56-,57-/m0/s1. The molecule has 0 aliphatic carbocycles. The zero-order valence-electron chi connectivity index (χ0n) is 49.6. The van der Waals surface area contributed by atoms with Crippen LogP contribution >= 0.6 is 23.5 Å². The summed E-state index contributed by atoms with van der Waals surface area (Å²) in [5, 5.41) is 34.4. The van der Waals surface area contributed by atoms with Gasteiger partial charge in [-0.15, -0.1) is 5.10 Å². The average molecular weight is 1250 g/mol. The van der Waals surface area contributed by atoms with E-state index >= 15 is 4.39 Å². The molecule has 0 bridgehead atoms. The van der Waals surface area contributed by atoms with Gasteiger partial charge in [0.05, 0.1) is 47.5 Å². The number of aromatic nitrogens is 4. The van der Waals surface area contributed by atoms with E-state index in [4.69, 9.17) is 5.73 Å². The molecule has 8 amide bonds. The third-order valence-electron chi connectivity index (χ3n) is 16.5. The van der Waals surface area contributed by atoms with Gasteiger partial charge in [-0.05, 0) is 125 Å². The first-order chi connectivity index (χ1) is 42.0. The second-order valence-corrected chi connectivity index (χ2v) is 27.6. The number of urea groups is 2. The van der Waals surface area contributed by atoms with Crippen molar-refractivity contribution in [2.24, 2.45) is 5.73 Å². The van der Waals surface area contributed by atoms with E-state index in [1.165, 1.54) is 30.9 Å². The number of thioether (sulfide) groups is 2. The predicted molar refractivity (Wildman–Crippen MR) is 338 cm³/mol. The van der Waals surface area contributed by atoms with Crippen LogP contribution in [0, 0.1) is 6.92 Å². The van der Waals surface area contributed by atoms with Crippen molar-refractivity contribution in [1.82, 2.24) is 66.4 Å². The molecule has 26 heteroatoms. The van der Waals surface area contributed by atoms with E-state index in [1.807, 2.05) is 59.3 Å². The van der Waals surface area contributed by atoms with Crippen LogP contribution in [0.1, 0.15) is 116 Å². The maximum Gasteiger partial charge on any atom is 0.315 e. The molecule has 0 unspecified atom stereocenters. The van der Waals surface area contributed by atoms with E-state index in [9.17, 15) is 37.2 Å². The Morgan fingerprint density at radius 2 is 1.28 bits per heavy atom. The first-order valence-electron chi connectivity index (χ1n) is 30.2. The van der Waals surface area contributed by atoms with E-state index in [1.54, 1.807) is 36.5 Å². The van der Waals surface area contributed by atoms with E-state index < -0.39 is 15.9 Å². The van der Waals surface area contributed by atoms with Gasteiger partial charge in [-0.1, -0.05) is 36.3 Å². The number of allylic oxidation sites excluding steroid dienone is 1. The van der Waals surface area contributed by atoms with Gasteiger partial charge < -0.3 is 52.8 Å². The van der Waals surface area contributed by atoms with Gasteiger partial charge >= 0.3 is 12.1 Å². The van der Waals surface area contributed by atoms with Crippen LogP contribution in [0.3, 0.4) is 0 Å². The molecule has 5 aromatic rings. The molecule has 10 N–H and O–H groups in total. The van der Waals surface area contributed by atoms with Gasteiger partial charge in [0.15, 0.2) is 0 Å². The number of rotatable bonds is 32. The fraction of sp³-hybridized carbons (Fsp3) is 0.508. The maximum absolute atomic E-state index is 15.2. The summed E-state index contributed by atoms with van der Waals surface area (Å²) in [5.74, 6) is 0.639. The van der Waals surface area contributed by atoms with E-state index in [-0.39, 0.29) is 89.0 Å². The van der Waals surface area contributed by atoms with Crippen LogP contribution in [0.4, 0.5) is 14.0 Å². The van der Waals surface area contributed by atoms with E-state index in [2.05, 4.69) is 52.8 Å². The molecule has 0 radical (unpaired) electrons. The summed E-state index contributed by atoms with van der Waals surface area (Å²) in [6.45, 7) is 3.56. The lowest BCUT2D eigenvalue weighted by Crippen LogP contribution is -2.36. The highest BCUT2D eigenvalue weighted by atomic mass is 32.2. The number of sulfonamides is 1. The zero-order valence-corrected chi connectivity index (χ0v) is 52.1. The van der Waals surface area contributed by atoms with Gasteiger partial charge in [0.2, 0.25) is 21.8 Å². The molecule has 2 aromatic heterocycles. The van der Waals surface area contributed by atoms with Crippen molar-refractivity contribution in [2.75, 3.05) is 58.3 Å². The Kier molecular flexibility index (Phi) is 22.4. The molecular formula is C61H81FN14O8S3. The van der Waals surface area contributed by atoms with Gasteiger partial charge in [-0.3, -0.25) is 19.2 Å². The first-order valence-corrected chi connectivity index (χ1v) is 33.8. The number of hydrogen-bond acceptors (Lipinski definition) is 13. The van der Waals surface area contributed by atoms with E-state index in [0.29, 0.717) is 107 Å². The number of unbranched alkanes of at least 4 members (excludes halogenated alkanes) is 6. The molecule has 4 fully saturated rings. The Morgan fingerprint density at radius 1 is 0.713 bits per heavy atom. The number of nitrogens with one attached hydrogen (secondary N) is 8. The Labute approximate surface area is 516 Å². The number of carbonyl (C=O) groups is 6. The van der Waals surface area contributed by atoms with Gasteiger partial charge in [0.25, 0.3) is 11.8 Å². The highest BCUT2D eigenvalue weighted by Crippen LogP contribution is 2.39. The molecule has 6 atom stereocenters. The fourth-order valence-electron chi connectivity index (χ4n) is 11.7. The number of benzene rings is 3. The molecule has 468 valence electrons. The number of hydrogen-bond donors (Lipinski definition) is 9. The molecule has 0 spiro atoms.